The minimum absolute atomic E-state index is 0.0335. The van der Waals surface area contributed by atoms with Crippen molar-refractivity contribution in [3.8, 4) is 0 Å². The fraction of sp³-hybridized carbons (Fsp3) is 0.778. The van der Waals surface area contributed by atoms with Crippen molar-refractivity contribution < 1.29 is 27.9 Å². The minimum Gasteiger partial charge on any atom is -0.481 e. The number of aliphatic carboxylic acids is 1. The molecule has 100 valence electrons. The third-order valence-electron chi connectivity index (χ3n) is 1.76. The molecule has 0 aromatic rings. The van der Waals surface area contributed by atoms with Gasteiger partial charge in [-0.3, -0.25) is 9.59 Å². The SMILES string of the molecule is CCOC(=O)CCNS(=O)(=O)CCCC(=O)O. The molecule has 0 unspecified atom stereocenters. The summed E-state index contributed by atoms with van der Waals surface area (Å²) in [5.74, 6) is -1.77. The number of hydrogen-bond donors (Lipinski definition) is 2. The zero-order valence-corrected chi connectivity index (χ0v) is 10.5. The summed E-state index contributed by atoms with van der Waals surface area (Å²) >= 11 is 0. The molecule has 0 rings (SSSR count). The molecule has 0 aromatic heterocycles. The first-order valence-electron chi connectivity index (χ1n) is 5.22. The van der Waals surface area contributed by atoms with Gasteiger partial charge in [0, 0.05) is 13.0 Å². The molecule has 0 atom stereocenters. The highest BCUT2D eigenvalue weighted by atomic mass is 32.2. The van der Waals surface area contributed by atoms with Crippen LogP contribution in [0, 0.1) is 0 Å². The lowest BCUT2D eigenvalue weighted by Crippen LogP contribution is -2.29. The van der Waals surface area contributed by atoms with E-state index < -0.39 is 22.0 Å². The van der Waals surface area contributed by atoms with E-state index in [-0.39, 0.29) is 38.2 Å². The van der Waals surface area contributed by atoms with Crippen LogP contribution in [0.1, 0.15) is 26.2 Å². The van der Waals surface area contributed by atoms with E-state index in [0.29, 0.717) is 0 Å². The van der Waals surface area contributed by atoms with Crippen LogP contribution >= 0.6 is 0 Å². The Hall–Kier alpha value is -1.15. The van der Waals surface area contributed by atoms with Gasteiger partial charge in [-0.05, 0) is 13.3 Å². The van der Waals surface area contributed by atoms with Gasteiger partial charge in [0.1, 0.15) is 0 Å². The topological polar surface area (TPSA) is 110 Å². The summed E-state index contributed by atoms with van der Waals surface area (Å²) in [5, 5.41) is 8.34. The van der Waals surface area contributed by atoms with Crippen molar-refractivity contribution in [3.63, 3.8) is 0 Å². The number of esters is 1. The number of sulfonamides is 1. The molecule has 0 bridgehead atoms. The normalized spacial score (nSPS) is 11.1. The first kappa shape index (κ1) is 15.9. The summed E-state index contributed by atoms with van der Waals surface area (Å²) < 4.78 is 29.4. The van der Waals surface area contributed by atoms with E-state index in [1.165, 1.54) is 0 Å². The van der Waals surface area contributed by atoms with E-state index in [2.05, 4.69) is 9.46 Å². The molecule has 0 spiro atoms. The number of hydrogen-bond acceptors (Lipinski definition) is 5. The monoisotopic (exact) mass is 267 g/mol. The van der Waals surface area contributed by atoms with Crippen LogP contribution in [-0.2, 0) is 24.3 Å². The summed E-state index contributed by atoms with van der Waals surface area (Å²) in [6.45, 7) is 1.88. The van der Waals surface area contributed by atoms with Crippen LogP contribution in [0.4, 0.5) is 0 Å². The Bertz CT molecular complexity index is 350. The van der Waals surface area contributed by atoms with E-state index in [4.69, 9.17) is 5.11 Å². The van der Waals surface area contributed by atoms with Crippen LogP contribution in [0.3, 0.4) is 0 Å². The Kier molecular flexibility index (Phi) is 7.47. The van der Waals surface area contributed by atoms with E-state index in [0.717, 1.165) is 0 Å². The van der Waals surface area contributed by atoms with Crippen LogP contribution in [0.15, 0.2) is 0 Å². The number of rotatable bonds is 9. The maximum Gasteiger partial charge on any atom is 0.307 e. The van der Waals surface area contributed by atoms with Gasteiger partial charge in [-0.2, -0.15) is 0 Å². The number of carbonyl (C=O) groups is 2. The molecular formula is C9H17NO6S. The molecule has 7 nitrogen and oxygen atoms in total. The molecular weight excluding hydrogens is 250 g/mol. The zero-order chi connectivity index (χ0) is 13.3. The van der Waals surface area contributed by atoms with Crippen LogP contribution in [0.25, 0.3) is 0 Å². The standard InChI is InChI=1S/C9H17NO6S/c1-2-16-9(13)5-6-10-17(14,15)7-3-4-8(11)12/h10H,2-7H2,1H3,(H,11,12). The highest BCUT2D eigenvalue weighted by Gasteiger charge is 2.11. The van der Waals surface area contributed by atoms with Gasteiger partial charge in [0.25, 0.3) is 0 Å². The third kappa shape index (κ3) is 9.76. The van der Waals surface area contributed by atoms with Crippen molar-refractivity contribution >= 4 is 22.0 Å². The number of carboxylic acids is 1. The quantitative estimate of drug-likeness (QED) is 0.556. The second-order valence-electron chi connectivity index (χ2n) is 3.27. The van der Waals surface area contributed by atoms with Crippen LogP contribution in [0.5, 0.6) is 0 Å². The first-order valence-corrected chi connectivity index (χ1v) is 6.87. The van der Waals surface area contributed by atoms with Crippen molar-refractivity contribution in [3.05, 3.63) is 0 Å². The lowest BCUT2D eigenvalue weighted by molar-refractivity contribution is -0.143. The second-order valence-corrected chi connectivity index (χ2v) is 5.19. The molecule has 0 saturated carbocycles. The molecule has 0 saturated heterocycles. The number of ether oxygens (including phenoxy) is 1. The highest BCUT2D eigenvalue weighted by molar-refractivity contribution is 7.89. The second kappa shape index (κ2) is 8.02. The van der Waals surface area contributed by atoms with Gasteiger partial charge in [-0.25, -0.2) is 13.1 Å². The molecule has 0 fully saturated rings. The predicted octanol–water partition coefficient (Wildman–Crippen LogP) is -0.276. The Labute approximate surface area is 100 Å². The largest absolute Gasteiger partial charge is 0.481 e. The van der Waals surface area contributed by atoms with E-state index in [1.54, 1.807) is 6.92 Å². The predicted molar refractivity (Wildman–Crippen MR) is 59.9 cm³/mol. The number of carbonyl (C=O) groups excluding carboxylic acids is 1. The summed E-state index contributed by atoms with van der Waals surface area (Å²) in [6.07, 6.45) is -0.186. The lowest BCUT2D eigenvalue weighted by Gasteiger charge is -2.05. The molecule has 0 radical (unpaired) electrons. The highest BCUT2D eigenvalue weighted by Crippen LogP contribution is 1.95. The maximum atomic E-state index is 11.3. The van der Waals surface area contributed by atoms with Gasteiger partial charge in [0.15, 0.2) is 0 Å². The lowest BCUT2D eigenvalue weighted by atomic mass is 10.3. The molecule has 2 N–H and O–H groups in total. The summed E-state index contributed by atoms with van der Waals surface area (Å²) in [7, 11) is -3.51. The molecule has 0 aliphatic rings. The van der Waals surface area contributed by atoms with Gasteiger partial charge in [-0.1, -0.05) is 0 Å². The average molecular weight is 267 g/mol. The molecule has 0 heterocycles. The fourth-order valence-electron chi connectivity index (χ4n) is 1.03. The molecule has 0 aliphatic heterocycles. The molecule has 0 aromatic carbocycles. The van der Waals surface area contributed by atoms with Gasteiger partial charge < -0.3 is 9.84 Å². The number of carboxylic acid groups (broad SMARTS) is 1. The average Bonchev–Trinajstić information content (AvgIpc) is 2.16. The Morgan fingerprint density at radius 3 is 2.47 bits per heavy atom. The van der Waals surface area contributed by atoms with E-state index >= 15 is 0 Å². The Morgan fingerprint density at radius 1 is 1.29 bits per heavy atom. The van der Waals surface area contributed by atoms with E-state index in [9.17, 15) is 18.0 Å². The molecule has 0 amide bonds. The van der Waals surface area contributed by atoms with Crippen molar-refractivity contribution in [1.82, 2.24) is 4.72 Å². The van der Waals surface area contributed by atoms with Crippen molar-refractivity contribution in [1.29, 1.82) is 0 Å². The van der Waals surface area contributed by atoms with Crippen molar-refractivity contribution in [2.24, 2.45) is 0 Å². The zero-order valence-electron chi connectivity index (χ0n) is 9.64. The summed E-state index contributed by atoms with van der Waals surface area (Å²) in [6, 6.07) is 0. The van der Waals surface area contributed by atoms with Crippen LogP contribution < -0.4 is 4.72 Å². The van der Waals surface area contributed by atoms with Gasteiger partial charge in [0.2, 0.25) is 10.0 Å². The maximum absolute atomic E-state index is 11.3. The molecule has 0 aliphatic carbocycles. The first-order chi connectivity index (χ1) is 7.87. The van der Waals surface area contributed by atoms with Gasteiger partial charge in [0.05, 0.1) is 18.8 Å². The summed E-state index contributed by atoms with van der Waals surface area (Å²) in [4.78, 5) is 21.1. The fourth-order valence-corrected chi connectivity index (χ4v) is 2.11. The van der Waals surface area contributed by atoms with Crippen LogP contribution in [0.2, 0.25) is 0 Å². The number of nitrogens with one attached hydrogen (secondary N) is 1. The Morgan fingerprint density at radius 2 is 1.94 bits per heavy atom. The minimum atomic E-state index is -3.51. The summed E-state index contributed by atoms with van der Waals surface area (Å²) in [5.41, 5.74) is 0. The van der Waals surface area contributed by atoms with E-state index in [1.807, 2.05) is 0 Å². The molecule has 8 heteroatoms. The smallest absolute Gasteiger partial charge is 0.307 e. The third-order valence-corrected chi connectivity index (χ3v) is 3.23. The molecule has 17 heavy (non-hydrogen) atoms. The van der Waals surface area contributed by atoms with Crippen LogP contribution in [-0.4, -0.2) is 44.4 Å². The van der Waals surface area contributed by atoms with Gasteiger partial charge in [-0.15, -0.1) is 0 Å². The van der Waals surface area contributed by atoms with Gasteiger partial charge >= 0.3 is 11.9 Å². The Balaban J connectivity index is 3.78. The van der Waals surface area contributed by atoms with Crippen molar-refractivity contribution in [2.75, 3.05) is 18.9 Å². The van der Waals surface area contributed by atoms with Crippen molar-refractivity contribution in [2.45, 2.75) is 26.2 Å².